The van der Waals surface area contributed by atoms with Crippen LogP contribution < -0.4 is 10.9 Å². The molecule has 0 spiro atoms. The third kappa shape index (κ3) is 5.02. The van der Waals surface area contributed by atoms with Crippen LogP contribution in [0.1, 0.15) is 62.9 Å². The van der Waals surface area contributed by atoms with Crippen molar-refractivity contribution in [3.63, 3.8) is 0 Å². The Morgan fingerprint density at radius 3 is 2.66 bits per heavy atom. The lowest BCUT2D eigenvalue weighted by Crippen LogP contribution is -2.43. The quantitative estimate of drug-likeness (QED) is 0.723. The van der Waals surface area contributed by atoms with Crippen LogP contribution in [0.4, 0.5) is 0 Å². The molecule has 2 atom stereocenters. The summed E-state index contributed by atoms with van der Waals surface area (Å²) >= 11 is 0. The molecule has 1 fully saturated rings. The van der Waals surface area contributed by atoms with Gasteiger partial charge in [0, 0.05) is 18.0 Å². The molecule has 7 nitrogen and oxygen atoms in total. The topological polar surface area (TPSA) is 90.3 Å². The van der Waals surface area contributed by atoms with E-state index >= 15 is 0 Å². The van der Waals surface area contributed by atoms with Crippen molar-refractivity contribution in [3.05, 3.63) is 40.3 Å². The Kier molecular flexibility index (Phi) is 7.01. The number of amides is 1. The molecule has 0 unspecified atom stereocenters. The highest BCUT2D eigenvalue weighted by Crippen LogP contribution is 2.23. The number of rotatable bonds is 7. The molecule has 29 heavy (non-hydrogen) atoms. The molecule has 1 aromatic carbocycles. The molecular weight excluding hydrogens is 370 g/mol. The van der Waals surface area contributed by atoms with E-state index in [2.05, 4.69) is 17.3 Å². The first-order chi connectivity index (χ1) is 14.0. The van der Waals surface area contributed by atoms with E-state index in [0.29, 0.717) is 23.2 Å². The van der Waals surface area contributed by atoms with Crippen molar-refractivity contribution in [1.29, 1.82) is 0 Å². The van der Waals surface area contributed by atoms with Gasteiger partial charge < -0.3 is 10.1 Å². The number of nitrogens with zero attached hydrogens (tertiary/aromatic N) is 2. The highest BCUT2D eigenvalue weighted by molar-refractivity contribution is 6.02. The Labute approximate surface area is 170 Å². The monoisotopic (exact) mass is 399 g/mol. The Morgan fingerprint density at radius 2 is 1.93 bits per heavy atom. The van der Waals surface area contributed by atoms with Crippen LogP contribution in [-0.4, -0.2) is 34.3 Å². The molecule has 156 valence electrons. The number of hydrogen-bond donors (Lipinski definition) is 1. The number of hydrogen-bond acceptors (Lipinski definition) is 5. The summed E-state index contributed by atoms with van der Waals surface area (Å²) in [6.07, 6.45) is 6.02. The molecule has 2 aromatic rings. The number of aryl methyl sites for hydroxylation is 1. The van der Waals surface area contributed by atoms with Crippen LogP contribution >= 0.6 is 0 Å². The lowest BCUT2D eigenvalue weighted by molar-refractivity contribution is -0.125. The van der Waals surface area contributed by atoms with Gasteiger partial charge in [-0.15, -0.1) is 0 Å². The minimum atomic E-state index is -0.696. The molecule has 1 aliphatic rings. The first kappa shape index (κ1) is 21.0. The summed E-state index contributed by atoms with van der Waals surface area (Å²) in [4.78, 5) is 37.5. The van der Waals surface area contributed by atoms with Gasteiger partial charge in [-0.1, -0.05) is 51.3 Å². The molecule has 0 bridgehead atoms. The Hall–Kier alpha value is -2.70. The molecule has 0 saturated heterocycles. The number of benzene rings is 1. The zero-order chi connectivity index (χ0) is 20.8. The largest absolute Gasteiger partial charge is 0.451 e. The second-order valence-corrected chi connectivity index (χ2v) is 7.79. The first-order valence-corrected chi connectivity index (χ1v) is 10.5. The summed E-state index contributed by atoms with van der Waals surface area (Å²) in [7, 11) is 0. The van der Waals surface area contributed by atoms with Crippen LogP contribution in [0, 0.1) is 5.92 Å². The van der Waals surface area contributed by atoms with Crippen LogP contribution in [0.25, 0.3) is 10.8 Å². The second kappa shape index (κ2) is 9.67. The third-order valence-electron chi connectivity index (χ3n) is 5.58. The predicted octanol–water partition coefficient (Wildman–Crippen LogP) is 3.05. The summed E-state index contributed by atoms with van der Waals surface area (Å²) < 4.78 is 6.56. The SMILES string of the molecule is CCCCn1nc(C(=O)OCC(=O)N[C@H]2CCCC[C@H]2C)c2ccccc2c1=O. The number of fused-ring (bicyclic) bond motifs is 1. The highest BCUT2D eigenvalue weighted by atomic mass is 16.5. The van der Waals surface area contributed by atoms with Gasteiger partial charge in [0.2, 0.25) is 0 Å². The van der Waals surface area contributed by atoms with E-state index in [1.165, 1.54) is 11.1 Å². The molecule has 1 N–H and O–H groups in total. The van der Waals surface area contributed by atoms with E-state index in [1.54, 1.807) is 24.3 Å². The van der Waals surface area contributed by atoms with Gasteiger partial charge in [0.15, 0.2) is 12.3 Å². The van der Waals surface area contributed by atoms with Gasteiger partial charge in [0.25, 0.3) is 11.5 Å². The molecule has 0 aliphatic heterocycles. The average molecular weight is 399 g/mol. The fourth-order valence-corrected chi connectivity index (χ4v) is 3.82. The number of ether oxygens (including phenoxy) is 1. The lowest BCUT2D eigenvalue weighted by Gasteiger charge is -2.29. The van der Waals surface area contributed by atoms with Crippen LogP contribution in [0.2, 0.25) is 0 Å². The number of unbranched alkanes of at least 4 members (excludes halogenated alkanes) is 1. The number of nitrogens with one attached hydrogen (secondary N) is 1. The van der Waals surface area contributed by atoms with Crippen molar-refractivity contribution in [2.24, 2.45) is 5.92 Å². The summed E-state index contributed by atoms with van der Waals surface area (Å²) in [5.74, 6) is -0.574. The average Bonchev–Trinajstić information content (AvgIpc) is 2.73. The van der Waals surface area contributed by atoms with E-state index in [1.807, 2.05) is 6.92 Å². The van der Waals surface area contributed by atoms with E-state index in [4.69, 9.17) is 4.74 Å². The molecule has 1 aliphatic carbocycles. The lowest BCUT2D eigenvalue weighted by atomic mass is 9.86. The molecule has 1 heterocycles. The molecule has 3 rings (SSSR count). The standard InChI is InChI=1S/C22H29N3O4/c1-3-4-13-25-21(27)17-11-7-6-10-16(17)20(24-25)22(28)29-14-19(26)23-18-12-8-5-9-15(18)2/h6-7,10-11,15,18H,3-5,8-9,12-14H2,1-2H3,(H,23,26)/t15-,18+/m1/s1. The van der Waals surface area contributed by atoms with Gasteiger partial charge in [0.05, 0.1) is 5.39 Å². The van der Waals surface area contributed by atoms with Crippen molar-refractivity contribution in [3.8, 4) is 0 Å². The Bertz CT molecular complexity index is 937. The number of carbonyl (C=O) groups is 2. The molecule has 1 amide bonds. The molecule has 7 heteroatoms. The van der Waals surface area contributed by atoms with E-state index in [0.717, 1.165) is 32.1 Å². The fraction of sp³-hybridized carbons (Fsp3) is 0.545. The summed E-state index contributed by atoms with van der Waals surface area (Å²) in [5, 5.41) is 8.07. The van der Waals surface area contributed by atoms with Gasteiger partial charge in [-0.2, -0.15) is 5.10 Å². The van der Waals surface area contributed by atoms with Gasteiger partial charge in [-0.05, 0) is 31.2 Å². The maximum Gasteiger partial charge on any atom is 0.359 e. The summed E-state index contributed by atoms with van der Waals surface area (Å²) in [5.41, 5.74) is -0.162. The van der Waals surface area contributed by atoms with Crippen LogP contribution in [-0.2, 0) is 16.1 Å². The van der Waals surface area contributed by atoms with Crippen LogP contribution in [0.3, 0.4) is 0 Å². The van der Waals surface area contributed by atoms with Crippen molar-refractivity contribution < 1.29 is 14.3 Å². The van der Waals surface area contributed by atoms with E-state index in [9.17, 15) is 14.4 Å². The normalized spacial score (nSPS) is 19.1. The predicted molar refractivity (Wildman–Crippen MR) is 111 cm³/mol. The molecular formula is C22H29N3O4. The van der Waals surface area contributed by atoms with Gasteiger partial charge in [-0.3, -0.25) is 9.59 Å². The third-order valence-corrected chi connectivity index (χ3v) is 5.58. The van der Waals surface area contributed by atoms with Crippen molar-refractivity contribution >= 4 is 22.6 Å². The van der Waals surface area contributed by atoms with Gasteiger partial charge >= 0.3 is 5.97 Å². The summed E-state index contributed by atoms with van der Waals surface area (Å²) in [6.45, 7) is 4.23. The van der Waals surface area contributed by atoms with Gasteiger partial charge in [0.1, 0.15) is 0 Å². The maximum atomic E-state index is 12.7. The number of aromatic nitrogens is 2. The number of carbonyl (C=O) groups excluding carboxylic acids is 2. The molecule has 0 radical (unpaired) electrons. The van der Waals surface area contributed by atoms with Crippen molar-refractivity contribution in [2.45, 2.75) is 65.0 Å². The first-order valence-electron chi connectivity index (χ1n) is 10.5. The van der Waals surface area contributed by atoms with E-state index < -0.39 is 5.97 Å². The van der Waals surface area contributed by atoms with Crippen LogP contribution in [0.5, 0.6) is 0 Å². The molecule has 1 saturated carbocycles. The minimum absolute atomic E-state index is 0.0649. The highest BCUT2D eigenvalue weighted by Gasteiger charge is 2.24. The minimum Gasteiger partial charge on any atom is -0.451 e. The van der Waals surface area contributed by atoms with Crippen molar-refractivity contribution in [1.82, 2.24) is 15.1 Å². The number of esters is 1. The van der Waals surface area contributed by atoms with Crippen molar-refractivity contribution in [2.75, 3.05) is 6.61 Å². The smallest absolute Gasteiger partial charge is 0.359 e. The summed E-state index contributed by atoms with van der Waals surface area (Å²) in [6, 6.07) is 6.98. The Balaban J connectivity index is 1.73. The fourth-order valence-electron chi connectivity index (χ4n) is 3.82. The van der Waals surface area contributed by atoms with Gasteiger partial charge in [-0.25, -0.2) is 9.48 Å². The zero-order valence-electron chi connectivity index (χ0n) is 17.1. The maximum absolute atomic E-state index is 12.7. The van der Waals surface area contributed by atoms with E-state index in [-0.39, 0.29) is 29.8 Å². The second-order valence-electron chi connectivity index (χ2n) is 7.79. The molecule has 1 aromatic heterocycles. The zero-order valence-corrected chi connectivity index (χ0v) is 17.1. The van der Waals surface area contributed by atoms with Crippen LogP contribution in [0.15, 0.2) is 29.1 Å². The Morgan fingerprint density at radius 1 is 1.21 bits per heavy atom.